The van der Waals surface area contributed by atoms with E-state index in [1.54, 1.807) is 12.1 Å². The molecule has 1 aliphatic carbocycles. The van der Waals surface area contributed by atoms with Gasteiger partial charge in [-0.2, -0.15) is 0 Å². The fourth-order valence-electron chi connectivity index (χ4n) is 3.13. The van der Waals surface area contributed by atoms with Gasteiger partial charge in [0.25, 0.3) is 0 Å². The Morgan fingerprint density at radius 1 is 0.909 bits per heavy atom. The summed E-state index contributed by atoms with van der Waals surface area (Å²) in [7, 11) is 2.99. The molecule has 3 rings (SSSR count). The van der Waals surface area contributed by atoms with E-state index in [2.05, 4.69) is 0 Å². The molecular formula is C17H19NO4. The van der Waals surface area contributed by atoms with Gasteiger partial charge in [-0.1, -0.05) is 0 Å². The fourth-order valence-corrected chi connectivity index (χ4v) is 3.13. The first-order chi connectivity index (χ1) is 10.7. The van der Waals surface area contributed by atoms with Crippen LogP contribution in [0.2, 0.25) is 0 Å². The van der Waals surface area contributed by atoms with Crippen molar-refractivity contribution in [2.24, 2.45) is 0 Å². The minimum atomic E-state index is -0.203. The van der Waals surface area contributed by atoms with Gasteiger partial charge in [0.2, 0.25) is 5.78 Å². The predicted octanol–water partition coefficient (Wildman–Crippen LogP) is 2.45. The molecule has 22 heavy (non-hydrogen) atoms. The van der Waals surface area contributed by atoms with Gasteiger partial charge in [0.15, 0.2) is 5.78 Å². The highest BCUT2D eigenvalue weighted by atomic mass is 16.5. The quantitative estimate of drug-likeness (QED) is 0.858. The average molecular weight is 301 g/mol. The van der Waals surface area contributed by atoms with Gasteiger partial charge in [0, 0.05) is 19.2 Å². The molecule has 0 amide bonds. The Kier molecular flexibility index (Phi) is 3.88. The number of hydrogen-bond donors (Lipinski definition) is 0. The van der Waals surface area contributed by atoms with E-state index in [-0.39, 0.29) is 11.6 Å². The highest BCUT2D eigenvalue weighted by Crippen LogP contribution is 2.36. The van der Waals surface area contributed by atoms with E-state index in [0.29, 0.717) is 28.3 Å². The second kappa shape index (κ2) is 5.83. The van der Waals surface area contributed by atoms with Crippen molar-refractivity contribution in [1.82, 2.24) is 4.90 Å². The third-order valence-corrected chi connectivity index (χ3v) is 4.24. The van der Waals surface area contributed by atoms with E-state index in [4.69, 9.17) is 9.47 Å². The largest absolute Gasteiger partial charge is 0.496 e. The van der Waals surface area contributed by atoms with Crippen LogP contribution in [0.3, 0.4) is 0 Å². The minimum absolute atomic E-state index is 0.160. The van der Waals surface area contributed by atoms with Crippen molar-refractivity contribution < 1.29 is 19.1 Å². The fraction of sp³-hybridized carbons (Fsp3) is 0.412. The number of likely N-dealkylation sites (tertiary alicyclic amines) is 1. The van der Waals surface area contributed by atoms with Crippen LogP contribution in [0.1, 0.15) is 40.0 Å². The summed E-state index contributed by atoms with van der Waals surface area (Å²) < 4.78 is 10.5. The molecule has 1 saturated heterocycles. The first-order valence-electron chi connectivity index (χ1n) is 7.48. The molecule has 0 radical (unpaired) electrons. The first kappa shape index (κ1) is 14.6. The van der Waals surface area contributed by atoms with Crippen molar-refractivity contribution in [3.05, 3.63) is 35.0 Å². The summed E-state index contributed by atoms with van der Waals surface area (Å²) >= 11 is 0. The second-order valence-electron chi connectivity index (χ2n) is 5.49. The summed E-state index contributed by atoms with van der Waals surface area (Å²) in [4.78, 5) is 27.5. The summed E-state index contributed by atoms with van der Waals surface area (Å²) in [5, 5.41) is 0. The molecule has 0 spiro atoms. The van der Waals surface area contributed by atoms with E-state index in [9.17, 15) is 9.59 Å². The Morgan fingerprint density at radius 2 is 1.50 bits per heavy atom. The summed E-state index contributed by atoms with van der Waals surface area (Å²) in [5.74, 6) is 0.457. The third kappa shape index (κ3) is 2.26. The molecule has 0 N–H and O–H groups in total. The number of Topliss-reactive ketones (excluding diaryl/α,β-unsaturated/α-hetero) is 1. The predicted molar refractivity (Wildman–Crippen MR) is 81.7 cm³/mol. The van der Waals surface area contributed by atoms with Crippen molar-refractivity contribution in [3.63, 3.8) is 0 Å². The number of piperidine rings is 1. The lowest BCUT2D eigenvalue weighted by Gasteiger charge is -2.32. The van der Waals surface area contributed by atoms with E-state index in [1.165, 1.54) is 26.7 Å². The SMILES string of the molecule is COc1ccc(OC)c2c1C(=O)C=C(N1CCCCC1)C2=O. The number of carbonyl (C=O) groups is 2. The standard InChI is InChI=1S/C17H19NO4/c1-21-13-6-7-14(22-2)16-15(13)12(19)10-11(17(16)20)18-8-4-3-5-9-18/h6-7,10H,3-5,8-9H2,1-2H3. The van der Waals surface area contributed by atoms with Crippen molar-refractivity contribution in [1.29, 1.82) is 0 Å². The number of ketones is 2. The van der Waals surface area contributed by atoms with E-state index < -0.39 is 0 Å². The van der Waals surface area contributed by atoms with Crippen molar-refractivity contribution in [3.8, 4) is 11.5 Å². The van der Waals surface area contributed by atoms with Gasteiger partial charge >= 0.3 is 0 Å². The van der Waals surface area contributed by atoms with Gasteiger partial charge in [0.1, 0.15) is 11.5 Å². The minimum Gasteiger partial charge on any atom is -0.496 e. The molecule has 116 valence electrons. The number of nitrogens with zero attached hydrogens (tertiary/aromatic N) is 1. The zero-order chi connectivity index (χ0) is 15.7. The van der Waals surface area contributed by atoms with Gasteiger partial charge in [-0.25, -0.2) is 0 Å². The molecule has 0 atom stereocenters. The van der Waals surface area contributed by atoms with Crippen LogP contribution < -0.4 is 9.47 Å². The van der Waals surface area contributed by atoms with E-state index >= 15 is 0 Å². The normalized spacial score (nSPS) is 17.9. The molecule has 2 aliphatic rings. The Bertz CT molecular complexity index is 657. The van der Waals surface area contributed by atoms with Crippen molar-refractivity contribution >= 4 is 11.6 Å². The zero-order valence-corrected chi connectivity index (χ0v) is 12.8. The first-order valence-corrected chi connectivity index (χ1v) is 7.48. The lowest BCUT2D eigenvalue weighted by Crippen LogP contribution is -2.35. The molecule has 5 nitrogen and oxygen atoms in total. The average Bonchev–Trinajstić information content (AvgIpc) is 2.57. The van der Waals surface area contributed by atoms with E-state index in [0.717, 1.165) is 25.9 Å². The molecule has 0 aromatic heterocycles. The van der Waals surface area contributed by atoms with Gasteiger partial charge in [0.05, 0.1) is 31.0 Å². The van der Waals surface area contributed by atoms with E-state index in [1.807, 2.05) is 4.90 Å². The number of methoxy groups -OCH3 is 2. The third-order valence-electron chi connectivity index (χ3n) is 4.24. The second-order valence-corrected chi connectivity index (χ2v) is 5.49. The van der Waals surface area contributed by atoms with Crippen LogP contribution >= 0.6 is 0 Å². The maximum absolute atomic E-state index is 12.9. The van der Waals surface area contributed by atoms with Gasteiger partial charge in [-0.3, -0.25) is 9.59 Å². The molecule has 5 heteroatoms. The van der Waals surface area contributed by atoms with Gasteiger partial charge in [-0.05, 0) is 31.4 Å². The smallest absolute Gasteiger partial charge is 0.213 e. The Labute approximate surface area is 129 Å². The van der Waals surface area contributed by atoms with Gasteiger partial charge in [-0.15, -0.1) is 0 Å². The topological polar surface area (TPSA) is 55.8 Å². The summed E-state index contributed by atoms with van der Waals surface area (Å²) in [6, 6.07) is 3.32. The zero-order valence-electron chi connectivity index (χ0n) is 12.8. The Morgan fingerprint density at radius 3 is 2.09 bits per heavy atom. The lowest BCUT2D eigenvalue weighted by atomic mass is 9.89. The van der Waals surface area contributed by atoms with Crippen LogP contribution in [0.4, 0.5) is 0 Å². The Balaban J connectivity index is 2.10. The van der Waals surface area contributed by atoms with Crippen molar-refractivity contribution in [2.75, 3.05) is 27.3 Å². The molecule has 1 aromatic rings. The highest BCUT2D eigenvalue weighted by Gasteiger charge is 2.34. The van der Waals surface area contributed by atoms with Crippen molar-refractivity contribution in [2.45, 2.75) is 19.3 Å². The van der Waals surface area contributed by atoms with Crippen LogP contribution in [0.5, 0.6) is 11.5 Å². The number of fused-ring (bicyclic) bond motifs is 1. The molecule has 0 bridgehead atoms. The molecule has 1 aromatic carbocycles. The van der Waals surface area contributed by atoms with Crippen LogP contribution in [0.25, 0.3) is 0 Å². The van der Waals surface area contributed by atoms with Crippen LogP contribution in [0.15, 0.2) is 23.9 Å². The number of rotatable bonds is 3. The monoisotopic (exact) mass is 301 g/mol. The summed E-state index contributed by atoms with van der Waals surface area (Å²) in [6.07, 6.45) is 4.69. The number of ether oxygens (including phenoxy) is 2. The molecule has 0 saturated carbocycles. The number of benzene rings is 1. The van der Waals surface area contributed by atoms with Gasteiger partial charge < -0.3 is 14.4 Å². The molecule has 1 aliphatic heterocycles. The lowest BCUT2D eigenvalue weighted by molar-refractivity contribution is 0.0938. The Hall–Kier alpha value is -2.30. The number of carbonyl (C=O) groups excluding carboxylic acids is 2. The molecular weight excluding hydrogens is 282 g/mol. The summed E-state index contributed by atoms with van der Waals surface area (Å²) in [5.41, 5.74) is 1.09. The molecule has 1 heterocycles. The summed E-state index contributed by atoms with van der Waals surface area (Å²) in [6.45, 7) is 1.62. The molecule has 0 unspecified atom stereocenters. The number of hydrogen-bond acceptors (Lipinski definition) is 5. The maximum atomic E-state index is 12.9. The number of allylic oxidation sites excluding steroid dienone is 2. The van der Waals surface area contributed by atoms with Crippen LogP contribution in [-0.2, 0) is 0 Å². The maximum Gasteiger partial charge on any atom is 0.213 e. The van der Waals surface area contributed by atoms with Crippen LogP contribution in [-0.4, -0.2) is 43.8 Å². The molecule has 1 fully saturated rings. The highest BCUT2D eigenvalue weighted by molar-refractivity contribution is 6.26. The van der Waals surface area contributed by atoms with Crippen LogP contribution in [0, 0.1) is 0 Å².